The van der Waals surface area contributed by atoms with Gasteiger partial charge in [0.25, 0.3) is 0 Å². The molecule has 1 heterocycles. The first-order valence-electron chi connectivity index (χ1n) is 5.52. The molecule has 3 nitrogen and oxygen atoms in total. The van der Waals surface area contributed by atoms with Crippen molar-refractivity contribution in [3.63, 3.8) is 0 Å². The molecule has 4 heteroatoms. The molecule has 2 aromatic rings. The van der Waals surface area contributed by atoms with Crippen LogP contribution in [0.15, 0.2) is 46.9 Å². The predicted octanol–water partition coefficient (Wildman–Crippen LogP) is 3.35. The number of pyridine rings is 1. The second-order valence-corrected chi connectivity index (χ2v) is 4.89. The van der Waals surface area contributed by atoms with Crippen LogP contribution in [0.2, 0.25) is 0 Å². The van der Waals surface area contributed by atoms with E-state index in [1.165, 1.54) is 5.56 Å². The summed E-state index contributed by atoms with van der Waals surface area (Å²) in [5.74, 6) is 0.803. The van der Waals surface area contributed by atoms with E-state index in [2.05, 4.69) is 33.0 Å². The third-order valence-electron chi connectivity index (χ3n) is 2.57. The van der Waals surface area contributed by atoms with Crippen LogP contribution in [0.4, 0.5) is 5.82 Å². The van der Waals surface area contributed by atoms with Gasteiger partial charge in [0.15, 0.2) is 0 Å². The van der Waals surface area contributed by atoms with Gasteiger partial charge in [0.1, 0.15) is 17.6 Å². The van der Waals surface area contributed by atoms with E-state index in [1.807, 2.05) is 42.3 Å². The molecule has 0 atom stereocenters. The SMILES string of the molecule is CN(Cc1ccc(Br)cc1)c1cccc(C#N)n1. The monoisotopic (exact) mass is 301 g/mol. The Morgan fingerprint density at radius 3 is 2.61 bits per heavy atom. The summed E-state index contributed by atoms with van der Waals surface area (Å²) in [6.07, 6.45) is 0. The third-order valence-corrected chi connectivity index (χ3v) is 3.10. The zero-order valence-corrected chi connectivity index (χ0v) is 11.6. The highest BCUT2D eigenvalue weighted by atomic mass is 79.9. The number of nitrogens with zero attached hydrogens (tertiary/aromatic N) is 3. The molecule has 0 bridgehead atoms. The second kappa shape index (κ2) is 5.65. The minimum atomic E-state index is 0.440. The van der Waals surface area contributed by atoms with Crippen molar-refractivity contribution in [2.45, 2.75) is 6.54 Å². The van der Waals surface area contributed by atoms with Crippen LogP contribution in [0.25, 0.3) is 0 Å². The van der Waals surface area contributed by atoms with Crippen LogP contribution in [0.3, 0.4) is 0 Å². The smallest absolute Gasteiger partial charge is 0.142 e. The summed E-state index contributed by atoms with van der Waals surface area (Å²) in [6.45, 7) is 0.759. The maximum Gasteiger partial charge on any atom is 0.142 e. The molecule has 18 heavy (non-hydrogen) atoms. The van der Waals surface area contributed by atoms with Gasteiger partial charge in [-0.15, -0.1) is 0 Å². The number of nitriles is 1. The predicted molar refractivity (Wildman–Crippen MR) is 75.2 cm³/mol. The van der Waals surface area contributed by atoms with Crippen molar-refractivity contribution in [1.82, 2.24) is 4.98 Å². The lowest BCUT2D eigenvalue weighted by Crippen LogP contribution is -2.17. The molecule has 0 aliphatic carbocycles. The molecule has 0 fully saturated rings. The van der Waals surface area contributed by atoms with Gasteiger partial charge in [-0.2, -0.15) is 5.26 Å². The Hall–Kier alpha value is -1.86. The molecule has 0 amide bonds. The van der Waals surface area contributed by atoms with Crippen molar-refractivity contribution in [1.29, 1.82) is 5.26 Å². The lowest BCUT2D eigenvalue weighted by Gasteiger charge is -2.18. The first kappa shape index (κ1) is 12.6. The number of benzene rings is 1. The van der Waals surface area contributed by atoms with Crippen LogP contribution in [0.1, 0.15) is 11.3 Å². The van der Waals surface area contributed by atoms with E-state index >= 15 is 0 Å². The minimum absolute atomic E-state index is 0.440. The fraction of sp³-hybridized carbons (Fsp3) is 0.143. The number of anilines is 1. The maximum absolute atomic E-state index is 8.83. The molecular formula is C14H12BrN3. The molecule has 0 N–H and O–H groups in total. The fourth-order valence-corrected chi connectivity index (χ4v) is 1.91. The molecule has 0 unspecified atom stereocenters. The van der Waals surface area contributed by atoms with Crippen LogP contribution >= 0.6 is 15.9 Å². The van der Waals surface area contributed by atoms with Crippen molar-refractivity contribution in [2.24, 2.45) is 0 Å². The largest absolute Gasteiger partial charge is 0.355 e. The van der Waals surface area contributed by atoms with Gasteiger partial charge in [0.05, 0.1) is 0 Å². The average molecular weight is 302 g/mol. The quantitative estimate of drug-likeness (QED) is 0.873. The van der Waals surface area contributed by atoms with Gasteiger partial charge in [0, 0.05) is 18.1 Å². The van der Waals surface area contributed by atoms with Crippen LogP contribution in [0, 0.1) is 11.3 Å². The minimum Gasteiger partial charge on any atom is -0.355 e. The Morgan fingerprint density at radius 1 is 1.22 bits per heavy atom. The molecule has 1 aromatic heterocycles. The van der Waals surface area contributed by atoms with E-state index in [0.29, 0.717) is 5.69 Å². The highest BCUT2D eigenvalue weighted by Crippen LogP contribution is 2.15. The van der Waals surface area contributed by atoms with Crippen molar-refractivity contribution in [2.75, 3.05) is 11.9 Å². The number of halogens is 1. The number of hydrogen-bond donors (Lipinski definition) is 0. The molecule has 0 aliphatic rings. The molecule has 90 valence electrons. The summed E-state index contributed by atoms with van der Waals surface area (Å²) >= 11 is 3.41. The molecule has 0 spiro atoms. The van der Waals surface area contributed by atoms with E-state index in [1.54, 1.807) is 6.07 Å². The van der Waals surface area contributed by atoms with E-state index in [-0.39, 0.29) is 0 Å². The molecule has 0 radical (unpaired) electrons. The zero-order valence-electron chi connectivity index (χ0n) is 9.97. The number of rotatable bonds is 3. The molecule has 2 rings (SSSR count). The molecule has 1 aromatic carbocycles. The van der Waals surface area contributed by atoms with Gasteiger partial charge in [-0.25, -0.2) is 4.98 Å². The Kier molecular flexibility index (Phi) is 3.96. The van der Waals surface area contributed by atoms with Crippen molar-refractivity contribution in [3.05, 3.63) is 58.2 Å². The number of hydrogen-bond acceptors (Lipinski definition) is 3. The average Bonchev–Trinajstić information content (AvgIpc) is 2.41. The Bertz CT molecular complexity index is 572. The summed E-state index contributed by atoms with van der Waals surface area (Å²) in [7, 11) is 1.96. The van der Waals surface area contributed by atoms with E-state index < -0.39 is 0 Å². The highest BCUT2D eigenvalue weighted by Gasteiger charge is 2.04. The van der Waals surface area contributed by atoms with Crippen LogP contribution < -0.4 is 4.90 Å². The third kappa shape index (κ3) is 3.08. The highest BCUT2D eigenvalue weighted by molar-refractivity contribution is 9.10. The second-order valence-electron chi connectivity index (χ2n) is 3.98. The summed E-state index contributed by atoms with van der Waals surface area (Å²) in [6, 6.07) is 15.7. The summed E-state index contributed by atoms with van der Waals surface area (Å²) in [5.41, 5.74) is 1.64. The molecular weight excluding hydrogens is 290 g/mol. The Balaban J connectivity index is 2.14. The standard InChI is InChI=1S/C14H12BrN3/c1-18(10-11-5-7-12(15)8-6-11)14-4-2-3-13(9-16)17-14/h2-8H,10H2,1H3. The fourth-order valence-electron chi connectivity index (χ4n) is 1.64. The van der Waals surface area contributed by atoms with E-state index in [9.17, 15) is 0 Å². The number of aromatic nitrogens is 1. The van der Waals surface area contributed by atoms with Gasteiger partial charge in [-0.05, 0) is 29.8 Å². The van der Waals surface area contributed by atoms with Crippen LogP contribution in [0.5, 0.6) is 0 Å². The molecule has 0 saturated heterocycles. The van der Waals surface area contributed by atoms with Crippen LogP contribution in [-0.4, -0.2) is 12.0 Å². The van der Waals surface area contributed by atoms with Gasteiger partial charge in [0.2, 0.25) is 0 Å². The maximum atomic E-state index is 8.83. The first-order valence-corrected chi connectivity index (χ1v) is 6.31. The molecule has 0 aliphatic heterocycles. The summed E-state index contributed by atoms with van der Waals surface area (Å²) < 4.78 is 1.07. The van der Waals surface area contributed by atoms with Gasteiger partial charge in [-0.1, -0.05) is 34.1 Å². The zero-order chi connectivity index (χ0) is 13.0. The lowest BCUT2D eigenvalue weighted by atomic mass is 10.2. The van der Waals surface area contributed by atoms with E-state index in [4.69, 9.17) is 5.26 Å². The first-order chi connectivity index (χ1) is 8.69. The van der Waals surface area contributed by atoms with Crippen molar-refractivity contribution >= 4 is 21.7 Å². The lowest BCUT2D eigenvalue weighted by molar-refractivity contribution is 0.895. The van der Waals surface area contributed by atoms with Crippen molar-refractivity contribution < 1.29 is 0 Å². The van der Waals surface area contributed by atoms with Crippen LogP contribution in [-0.2, 0) is 6.54 Å². The van der Waals surface area contributed by atoms with Gasteiger partial charge >= 0.3 is 0 Å². The van der Waals surface area contributed by atoms with E-state index in [0.717, 1.165) is 16.8 Å². The normalized spacial score (nSPS) is 9.83. The Morgan fingerprint density at radius 2 is 1.94 bits per heavy atom. The Labute approximate surface area is 115 Å². The summed E-state index contributed by atoms with van der Waals surface area (Å²) in [4.78, 5) is 6.28. The molecule has 0 saturated carbocycles. The van der Waals surface area contributed by atoms with Gasteiger partial charge < -0.3 is 4.90 Å². The summed E-state index contributed by atoms with van der Waals surface area (Å²) in [5, 5.41) is 8.83. The topological polar surface area (TPSA) is 39.9 Å². The van der Waals surface area contributed by atoms with Gasteiger partial charge in [-0.3, -0.25) is 0 Å². The van der Waals surface area contributed by atoms with Crippen molar-refractivity contribution in [3.8, 4) is 6.07 Å².